The Morgan fingerprint density at radius 3 is 2.62 bits per heavy atom. The van der Waals surface area contributed by atoms with Crippen LogP contribution in [-0.2, 0) is 14.3 Å². The van der Waals surface area contributed by atoms with Crippen molar-refractivity contribution in [2.45, 2.75) is 37.5 Å². The summed E-state index contributed by atoms with van der Waals surface area (Å²) in [5, 5.41) is 3.58. The highest BCUT2D eigenvalue weighted by molar-refractivity contribution is 6.57. The van der Waals surface area contributed by atoms with Crippen molar-refractivity contribution in [3.05, 3.63) is 67.3 Å². The van der Waals surface area contributed by atoms with Crippen molar-refractivity contribution in [2.75, 3.05) is 20.3 Å². The minimum absolute atomic E-state index is 0.103. The molecule has 0 bridgehead atoms. The van der Waals surface area contributed by atoms with Gasteiger partial charge in [0.15, 0.2) is 5.81 Å². The number of hydrogen-bond acceptors (Lipinski definition) is 7. The van der Waals surface area contributed by atoms with Gasteiger partial charge >= 0.3 is 5.97 Å². The van der Waals surface area contributed by atoms with E-state index in [1.807, 2.05) is 54.6 Å². The summed E-state index contributed by atoms with van der Waals surface area (Å²) in [5.41, 5.74) is 1.11. The van der Waals surface area contributed by atoms with E-state index in [1.54, 1.807) is 20.1 Å². The van der Waals surface area contributed by atoms with Gasteiger partial charge in [0.1, 0.15) is 29.2 Å². The molecule has 10 heteroatoms. The van der Waals surface area contributed by atoms with Gasteiger partial charge in [0, 0.05) is 35.4 Å². The Bertz CT molecular complexity index is 1460. The van der Waals surface area contributed by atoms with Crippen molar-refractivity contribution >= 4 is 36.4 Å². The number of esters is 1. The van der Waals surface area contributed by atoms with E-state index >= 15 is 0 Å². The van der Waals surface area contributed by atoms with Crippen LogP contribution in [0, 0.1) is 5.92 Å². The molecule has 204 valence electrons. The molecule has 2 radical (unpaired) electrons. The Labute approximate surface area is 233 Å². The summed E-state index contributed by atoms with van der Waals surface area (Å²) in [4.78, 5) is 44.5. The number of fused-ring (bicyclic) bond motifs is 1. The third-order valence-corrected chi connectivity index (χ3v) is 7.48. The number of nitrogens with one attached hydrogen (secondary N) is 1. The number of carbonyl (C=O) groups excluding carboxylic acids is 3. The van der Waals surface area contributed by atoms with Crippen LogP contribution in [0.2, 0.25) is 0 Å². The lowest BCUT2D eigenvalue weighted by Gasteiger charge is -2.25. The van der Waals surface area contributed by atoms with E-state index in [-0.39, 0.29) is 25.5 Å². The lowest BCUT2D eigenvalue weighted by atomic mass is 10.1. The lowest BCUT2D eigenvalue weighted by molar-refractivity contribution is -0.149. The molecular formula is C30H30BN3O6. The minimum atomic E-state index is -1.18. The second kappa shape index (κ2) is 11.0. The standard InChI is InChI=1S/C30H30BN3O6/c1-4-19-16-30(19,28(36)39-5-2)33-27(35)25-14-21(17-34(25)29(31)37)40-26-15-23(18-9-7-6-8-10-18)32-24-13-20(38-3)11-12-22(24)26/h4,6-13,15,19,21,25H,1,5,14,16-17H2,2-3H3,(H,33,35). The quantitative estimate of drug-likeness (QED) is 0.251. The van der Waals surface area contributed by atoms with Gasteiger partial charge in [-0.1, -0.05) is 36.4 Å². The van der Waals surface area contributed by atoms with Gasteiger partial charge in [0.2, 0.25) is 13.8 Å². The summed E-state index contributed by atoms with van der Waals surface area (Å²) in [5.74, 6) is -0.793. The number of amides is 2. The van der Waals surface area contributed by atoms with E-state index in [0.717, 1.165) is 10.9 Å². The molecule has 2 amide bonds. The molecule has 1 N–H and O–H groups in total. The van der Waals surface area contributed by atoms with Gasteiger partial charge in [-0.3, -0.25) is 9.59 Å². The zero-order chi connectivity index (χ0) is 28.4. The van der Waals surface area contributed by atoms with Gasteiger partial charge < -0.3 is 24.4 Å². The summed E-state index contributed by atoms with van der Waals surface area (Å²) >= 11 is 0. The number of likely N-dealkylation sites (tertiary alicyclic amines) is 1. The fourth-order valence-electron chi connectivity index (χ4n) is 5.28. The first-order valence-corrected chi connectivity index (χ1v) is 13.2. The Hall–Kier alpha value is -4.34. The molecule has 1 saturated heterocycles. The molecule has 1 aliphatic heterocycles. The number of pyridine rings is 1. The number of hydrogen-bond donors (Lipinski definition) is 1. The van der Waals surface area contributed by atoms with Crippen LogP contribution in [0.5, 0.6) is 11.5 Å². The molecule has 2 aromatic carbocycles. The average Bonchev–Trinajstić information content (AvgIpc) is 3.51. The van der Waals surface area contributed by atoms with Crippen LogP contribution in [0.3, 0.4) is 0 Å². The van der Waals surface area contributed by atoms with Gasteiger partial charge in [-0.25, -0.2) is 9.78 Å². The number of nitrogens with zero attached hydrogens (tertiary/aromatic N) is 2. The summed E-state index contributed by atoms with van der Waals surface area (Å²) in [6.45, 7) is 5.75. The molecule has 1 aliphatic carbocycles. The monoisotopic (exact) mass is 539 g/mol. The molecule has 40 heavy (non-hydrogen) atoms. The summed E-state index contributed by atoms with van der Waals surface area (Å²) < 4.78 is 17.0. The molecule has 3 aromatic rings. The number of aromatic nitrogens is 1. The van der Waals surface area contributed by atoms with E-state index in [9.17, 15) is 14.4 Å². The van der Waals surface area contributed by atoms with Crippen molar-refractivity contribution in [3.8, 4) is 22.8 Å². The Kier molecular flexibility index (Phi) is 7.52. The number of methoxy groups -OCH3 is 1. The highest BCUT2D eigenvalue weighted by Gasteiger charge is 2.62. The molecule has 0 spiro atoms. The third kappa shape index (κ3) is 5.13. The Balaban J connectivity index is 1.42. The molecule has 2 heterocycles. The molecule has 9 nitrogen and oxygen atoms in total. The Morgan fingerprint density at radius 2 is 1.98 bits per heavy atom. The van der Waals surface area contributed by atoms with E-state index < -0.39 is 35.4 Å². The summed E-state index contributed by atoms with van der Waals surface area (Å²) in [6, 6.07) is 16.1. The van der Waals surface area contributed by atoms with E-state index in [1.165, 1.54) is 4.90 Å². The molecule has 5 rings (SSSR count). The smallest absolute Gasteiger partial charge is 0.332 e. The van der Waals surface area contributed by atoms with Crippen LogP contribution < -0.4 is 14.8 Å². The molecule has 4 unspecified atom stereocenters. The van der Waals surface area contributed by atoms with Crippen LogP contribution in [0.4, 0.5) is 4.79 Å². The topological polar surface area (TPSA) is 107 Å². The zero-order valence-electron chi connectivity index (χ0n) is 22.5. The Morgan fingerprint density at radius 1 is 1.20 bits per heavy atom. The lowest BCUT2D eigenvalue weighted by Crippen LogP contribution is -2.53. The average molecular weight is 539 g/mol. The summed E-state index contributed by atoms with van der Waals surface area (Å²) in [7, 11) is 7.25. The molecule has 1 aromatic heterocycles. The van der Waals surface area contributed by atoms with Gasteiger partial charge in [0.05, 0.1) is 31.5 Å². The highest BCUT2D eigenvalue weighted by Crippen LogP contribution is 2.45. The first-order valence-electron chi connectivity index (χ1n) is 13.2. The largest absolute Gasteiger partial charge is 0.497 e. The highest BCUT2D eigenvalue weighted by atomic mass is 16.5. The van der Waals surface area contributed by atoms with E-state index in [0.29, 0.717) is 29.1 Å². The fraction of sp³-hybridized carbons (Fsp3) is 0.333. The van der Waals surface area contributed by atoms with Gasteiger partial charge in [-0.15, -0.1) is 6.58 Å². The molecule has 1 saturated carbocycles. The number of ether oxygens (including phenoxy) is 3. The van der Waals surface area contributed by atoms with Crippen molar-refractivity contribution in [1.82, 2.24) is 15.2 Å². The maximum atomic E-state index is 13.4. The van der Waals surface area contributed by atoms with Gasteiger partial charge in [-0.2, -0.15) is 0 Å². The van der Waals surface area contributed by atoms with Crippen molar-refractivity contribution in [3.63, 3.8) is 0 Å². The zero-order valence-corrected chi connectivity index (χ0v) is 22.5. The van der Waals surface area contributed by atoms with E-state index in [4.69, 9.17) is 27.0 Å². The SMILES string of the molecule is [B]C(=O)N1CC(Oc2cc(-c3ccccc3)nc3cc(OC)ccc23)CC1C(=O)NC1(C(=O)OCC)CC1C=C. The normalized spacial score (nSPS) is 23.4. The van der Waals surface area contributed by atoms with Gasteiger partial charge in [-0.05, 0) is 25.5 Å². The van der Waals surface area contributed by atoms with Crippen LogP contribution >= 0.6 is 0 Å². The number of carbonyl (C=O) groups is 3. The van der Waals surface area contributed by atoms with Crippen LogP contribution in [0.25, 0.3) is 22.2 Å². The van der Waals surface area contributed by atoms with Crippen molar-refractivity contribution in [1.29, 1.82) is 0 Å². The predicted octanol–water partition coefficient (Wildman–Crippen LogP) is 3.64. The second-order valence-electron chi connectivity index (χ2n) is 9.96. The number of benzene rings is 2. The predicted molar refractivity (Wildman–Crippen MR) is 150 cm³/mol. The van der Waals surface area contributed by atoms with E-state index in [2.05, 4.69) is 11.9 Å². The molecule has 2 aliphatic rings. The van der Waals surface area contributed by atoms with Crippen LogP contribution in [0.15, 0.2) is 67.3 Å². The van der Waals surface area contributed by atoms with Crippen LogP contribution in [0.1, 0.15) is 19.8 Å². The molecular weight excluding hydrogens is 509 g/mol. The fourth-order valence-corrected chi connectivity index (χ4v) is 5.28. The number of rotatable bonds is 9. The van der Waals surface area contributed by atoms with Crippen LogP contribution in [-0.4, -0.2) is 73.4 Å². The maximum absolute atomic E-state index is 13.4. The first kappa shape index (κ1) is 27.2. The third-order valence-electron chi connectivity index (χ3n) is 7.48. The molecule has 2 fully saturated rings. The van der Waals surface area contributed by atoms with Gasteiger partial charge in [0.25, 0.3) is 0 Å². The molecule has 4 atom stereocenters. The second-order valence-corrected chi connectivity index (χ2v) is 9.96. The maximum Gasteiger partial charge on any atom is 0.332 e. The minimum Gasteiger partial charge on any atom is -0.497 e. The van der Waals surface area contributed by atoms with Crippen molar-refractivity contribution in [2.24, 2.45) is 5.92 Å². The summed E-state index contributed by atoms with van der Waals surface area (Å²) in [6.07, 6.45) is 1.66. The first-order chi connectivity index (χ1) is 19.3. The van der Waals surface area contributed by atoms with Crippen molar-refractivity contribution < 1.29 is 28.6 Å².